The number of aromatic nitrogens is 6. The van der Waals surface area contributed by atoms with Gasteiger partial charge in [-0.1, -0.05) is 6.92 Å². The zero-order chi connectivity index (χ0) is 26.0. The maximum absolute atomic E-state index is 12.5. The van der Waals surface area contributed by atoms with Crippen molar-refractivity contribution in [1.82, 2.24) is 34.4 Å². The Morgan fingerprint density at radius 3 is 2.67 bits per heavy atom. The van der Waals surface area contributed by atoms with E-state index in [1.54, 1.807) is 31.8 Å². The summed E-state index contributed by atoms with van der Waals surface area (Å²) in [6, 6.07) is 1.87. The topological polar surface area (TPSA) is 155 Å². The molecule has 0 radical (unpaired) electrons. The summed E-state index contributed by atoms with van der Waals surface area (Å²) in [6.45, 7) is 4.83. The predicted molar refractivity (Wildman–Crippen MR) is 135 cm³/mol. The summed E-state index contributed by atoms with van der Waals surface area (Å²) >= 11 is 0. The van der Waals surface area contributed by atoms with E-state index in [0.29, 0.717) is 42.0 Å². The molecule has 0 spiro atoms. The van der Waals surface area contributed by atoms with Crippen LogP contribution in [-0.4, -0.2) is 70.9 Å². The summed E-state index contributed by atoms with van der Waals surface area (Å²) in [7, 11) is 1.67. The number of Topliss-reactive ketones (excluding diaryl/α,β-unsaturated/α-hetero) is 1. The van der Waals surface area contributed by atoms with E-state index in [9.17, 15) is 14.7 Å². The minimum absolute atomic E-state index is 0.117. The second kappa shape index (κ2) is 10.2. The number of aliphatic hydroxyl groups is 1. The Hall–Kier alpha value is -4.12. The number of likely N-dealkylation sites (N-methyl/N-ethyl adjacent to an activating group) is 1. The minimum Gasteiger partial charge on any atom is -0.387 e. The first-order valence-corrected chi connectivity index (χ1v) is 11.8. The Kier molecular flexibility index (Phi) is 7.11. The number of pyridine rings is 1. The predicted octanol–water partition coefficient (Wildman–Crippen LogP) is 2.44. The number of ketones is 1. The van der Waals surface area contributed by atoms with Crippen molar-refractivity contribution < 1.29 is 14.7 Å². The molecule has 4 rings (SSSR count). The number of nitrogen functional groups attached to an aromatic ring is 1. The number of rotatable bonds is 9. The van der Waals surface area contributed by atoms with Crippen LogP contribution in [0.25, 0.3) is 28.3 Å². The van der Waals surface area contributed by atoms with Gasteiger partial charge in [-0.05, 0) is 44.7 Å². The molecule has 1 amide bonds. The van der Waals surface area contributed by atoms with Gasteiger partial charge < -0.3 is 20.7 Å². The molecule has 1 atom stereocenters. The number of anilines is 1. The number of carbonyl (C=O) groups excluding carboxylic acids is 2. The summed E-state index contributed by atoms with van der Waals surface area (Å²) in [5.41, 5.74) is 11.0. The quantitative estimate of drug-likeness (QED) is 0.302. The van der Waals surface area contributed by atoms with E-state index in [-0.39, 0.29) is 23.6 Å². The van der Waals surface area contributed by atoms with E-state index in [1.807, 2.05) is 19.9 Å². The largest absolute Gasteiger partial charge is 0.387 e. The van der Waals surface area contributed by atoms with E-state index < -0.39 is 6.61 Å². The van der Waals surface area contributed by atoms with Gasteiger partial charge in [0.1, 0.15) is 18.1 Å². The fourth-order valence-electron chi connectivity index (χ4n) is 4.49. The lowest BCUT2D eigenvalue weighted by atomic mass is 10.0. The fourth-order valence-corrected chi connectivity index (χ4v) is 4.49. The normalized spacial score (nSPS) is 12.1. The standard InChI is InChI=1S/C25H30N8O3/c1-5-17(32(4)20(36)13-34)6-7-19-21(15(3)35)23(26)33-25(31-19)18(12-30-33)16-10-14(2)22(29-11-16)24-27-8-9-28-24/h8-12,17,34H,5-7,13,26H2,1-4H3,(H,27,28)/t17-/m1/s1. The number of hydrogen-bond donors (Lipinski definition) is 3. The molecule has 4 heterocycles. The highest BCUT2D eigenvalue weighted by atomic mass is 16.3. The molecule has 4 aromatic rings. The molecule has 11 nitrogen and oxygen atoms in total. The number of aryl methyl sites for hydroxylation is 2. The third kappa shape index (κ3) is 4.57. The van der Waals surface area contributed by atoms with E-state index in [2.05, 4.69) is 20.1 Å². The molecule has 0 aliphatic heterocycles. The lowest BCUT2D eigenvalue weighted by molar-refractivity contribution is -0.135. The van der Waals surface area contributed by atoms with E-state index in [0.717, 1.165) is 22.4 Å². The average Bonchev–Trinajstić information content (AvgIpc) is 3.54. The van der Waals surface area contributed by atoms with Crippen molar-refractivity contribution >= 4 is 23.2 Å². The molecule has 0 saturated heterocycles. The lowest BCUT2D eigenvalue weighted by Crippen LogP contribution is -2.38. The number of H-pyrrole nitrogens is 1. The third-order valence-corrected chi connectivity index (χ3v) is 6.48. The first kappa shape index (κ1) is 25.0. The van der Waals surface area contributed by atoms with Crippen LogP contribution in [0.5, 0.6) is 0 Å². The van der Waals surface area contributed by atoms with Crippen LogP contribution in [0.15, 0.2) is 30.9 Å². The molecule has 4 N–H and O–H groups in total. The lowest BCUT2D eigenvalue weighted by Gasteiger charge is -2.27. The number of nitrogens with two attached hydrogens (primary N) is 1. The Balaban J connectivity index is 1.74. The van der Waals surface area contributed by atoms with Gasteiger partial charge in [0, 0.05) is 42.8 Å². The number of nitrogens with zero attached hydrogens (tertiary/aromatic N) is 6. The highest BCUT2D eigenvalue weighted by Crippen LogP contribution is 2.30. The van der Waals surface area contributed by atoms with Crippen LogP contribution in [0.3, 0.4) is 0 Å². The van der Waals surface area contributed by atoms with Crippen molar-refractivity contribution in [1.29, 1.82) is 0 Å². The second-order valence-electron chi connectivity index (χ2n) is 8.76. The SMILES string of the molecule is CC[C@H](CCc1nc2c(-c3cnc(-c4ncc[nH]4)c(C)c3)cnn2c(N)c1C(C)=O)N(C)C(=O)CO. The van der Waals surface area contributed by atoms with Gasteiger partial charge in [-0.2, -0.15) is 9.61 Å². The van der Waals surface area contributed by atoms with Crippen LogP contribution in [0.2, 0.25) is 0 Å². The van der Waals surface area contributed by atoms with Gasteiger partial charge in [-0.15, -0.1) is 0 Å². The summed E-state index contributed by atoms with van der Waals surface area (Å²) in [6.07, 6.45) is 8.51. The van der Waals surface area contributed by atoms with Crippen LogP contribution in [-0.2, 0) is 11.2 Å². The Morgan fingerprint density at radius 1 is 1.28 bits per heavy atom. The maximum atomic E-state index is 12.5. The summed E-state index contributed by atoms with van der Waals surface area (Å²) in [5, 5.41) is 13.6. The summed E-state index contributed by atoms with van der Waals surface area (Å²) in [5.74, 6) is 0.348. The molecular formula is C25H30N8O3. The van der Waals surface area contributed by atoms with Crippen molar-refractivity contribution in [2.75, 3.05) is 19.4 Å². The maximum Gasteiger partial charge on any atom is 0.248 e. The van der Waals surface area contributed by atoms with E-state index in [1.165, 1.54) is 16.3 Å². The molecule has 188 valence electrons. The zero-order valence-corrected chi connectivity index (χ0v) is 20.8. The van der Waals surface area contributed by atoms with Gasteiger partial charge in [-0.25, -0.2) is 9.97 Å². The van der Waals surface area contributed by atoms with Gasteiger partial charge in [0.05, 0.1) is 17.5 Å². The molecule has 0 saturated carbocycles. The molecule has 11 heteroatoms. The highest BCUT2D eigenvalue weighted by Gasteiger charge is 2.23. The van der Waals surface area contributed by atoms with Crippen molar-refractivity contribution in [3.8, 4) is 22.6 Å². The van der Waals surface area contributed by atoms with Gasteiger partial charge in [0.25, 0.3) is 0 Å². The van der Waals surface area contributed by atoms with Gasteiger partial charge in [-0.3, -0.25) is 14.6 Å². The van der Waals surface area contributed by atoms with E-state index >= 15 is 0 Å². The molecule has 0 unspecified atom stereocenters. The monoisotopic (exact) mass is 490 g/mol. The number of aromatic amines is 1. The van der Waals surface area contributed by atoms with Crippen molar-refractivity contribution in [2.45, 2.75) is 46.1 Å². The van der Waals surface area contributed by atoms with Crippen molar-refractivity contribution in [2.24, 2.45) is 0 Å². The van der Waals surface area contributed by atoms with Crippen molar-refractivity contribution in [3.05, 3.63) is 47.7 Å². The molecule has 0 aromatic carbocycles. The summed E-state index contributed by atoms with van der Waals surface area (Å²) in [4.78, 5) is 42.8. The molecule has 4 aromatic heterocycles. The van der Waals surface area contributed by atoms with Gasteiger partial charge in [0.15, 0.2) is 17.3 Å². The number of carbonyl (C=O) groups is 2. The molecule has 36 heavy (non-hydrogen) atoms. The number of fused-ring (bicyclic) bond motifs is 1. The van der Waals surface area contributed by atoms with Crippen molar-refractivity contribution in [3.63, 3.8) is 0 Å². The average molecular weight is 491 g/mol. The van der Waals surface area contributed by atoms with E-state index in [4.69, 9.17) is 10.7 Å². The Labute approximate surface area is 208 Å². The number of aliphatic hydroxyl groups excluding tert-OH is 1. The molecule has 0 fully saturated rings. The van der Waals surface area contributed by atoms with Crippen LogP contribution in [0.1, 0.15) is 48.3 Å². The van der Waals surface area contributed by atoms with Crippen LogP contribution >= 0.6 is 0 Å². The Bertz CT molecular complexity index is 1410. The zero-order valence-electron chi connectivity index (χ0n) is 20.8. The Morgan fingerprint density at radius 2 is 2.06 bits per heavy atom. The fraction of sp³-hybridized carbons (Fsp3) is 0.360. The molecular weight excluding hydrogens is 460 g/mol. The van der Waals surface area contributed by atoms with Gasteiger partial charge >= 0.3 is 0 Å². The second-order valence-corrected chi connectivity index (χ2v) is 8.76. The first-order valence-electron chi connectivity index (χ1n) is 11.8. The third-order valence-electron chi connectivity index (χ3n) is 6.48. The first-order chi connectivity index (χ1) is 17.3. The minimum atomic E-state index is -0.547. The summed E-state index contributed by atoms with van der Waals surface area (Å²) < 4.78 is 1.48. The van der Waals surface area contributed by atoms with Crippen LogP contribution < -0.4 is 5.73 Å². The van der Waals surface area contributed by atoms with Gasteiger partial charge in [0.2, 0.25) is 5.91 Å². The number of nitrogens with one attached hydrogen (secondary N) is 1. The molecule has 0 bridgehead atoms. The number of hydrogen-bond acceptors (Lipinski definition) is 8. The molecule has 0 aliphatic carbocycles. The molecule has 0 aliphatic rings. The van der Waals surface area contributed by atoms with Crippen LogP contribution in [0, 0.1) is 6.92 Å². The highest BCUT2D eigenvalue weighted by molar-refractivity contribution is 6.00. The smallest absolute Gasteiger partial charge is 0.248 e. The van der Waals surface area contributed by atoms with Crippen LogP contribution in [0.4, 0.5) is 5.82 Å². The number of imidazole rings is 1. The number of amides is 1.